The molecule has 2 rings (SSSR count). The number of hydrogen-bond donors (Lipinski definition) is 1. The number of benzene rings is 1. The average Bonchev–Trinajstić information content (AvgIpc) is 2.75. The van der Waals surface area contributed by atoms with Crippen LogP contribution < -0.4 is 5.32 Å². The molecule has 1 aromatic rings. The molecule has 1 saturated carbocycles. The summed E-state index contributed by atoms with van der Waals surface area (Å²) in [5.41, 5.74) is 0.377. The van der Waals surface area contributed by atoms with Crippen molar-refractivity contribution in [2.24, 2.45) is 11.8 Å². The molecule has 0 saturated heterocycles. The molecule has 18 heavy (non-hydrogen) atoms. The van der Waals surface area contributed by atoms with E-state index in [0.29, 0.717) is 22.5 Å². The molecule has 1 aliphatic rings. The molecule has 0 spiro atoms. The van der Waals surface area contributed by atoms with Crippen molar-refractivity contribution in [2.45, 2.75) is 26.2 Å². The predicted molar refractivity (Wildman–Crippen MR) is 72.9 cm³/mol. The lowest BCUT2D eigenvalue weighted by atomic mass is 10.1. The van der Waals surface area contributed by atoms with Gasteiger partial charge < -0.3 is 5.32 Å². The van der Waals surface area contributed by atoms with Crippen molar-refractivity contribution in [3.05, 3.63) is 34.1 Å². The van der Waals surface area contributed by atoms with Gasteiger partial charge in [0.05, 0.1) is 4.47 Å². The van der Waals surface area contributed by atoms with Gasteiger partial charge in [0.2, 0.25) is 0 Å². The number of hydrogen-bond acceptors (Lipinski definition) is 1. The van der Waals surface area contributed by atoms with Gasteiger partial charge in [-0.3, -0.25) is 4.79 Å². The van der Waals surface area contributed by atoms with Crippen molar-refractivity contribution >= 4 is 21.8 Å². The van der Waals surface area contributed by atoms with Crippen LogP contribution in [-0.4, -0.2) is 12.5 Å². The number of carbonyl (C=O) groups is 1. The summed E-state index contributed by atoms with van der Waals surface area (Å²) in [5, 5.41) is 2.89. The number of carbonyl (C=O) groups excluding carboxylic acids is 1. The zero-order chi connectivity index (χ0) is 13.1. The van der Waals surface area contributed by atoms with E-state index in [1.165, 1.54) is 25.3 Å². The zero-order valence-corrected chi connectivity index (χ0v) is 12.0. The van der Waals surface area contributed by atoms with E-state index in [1.807, 2.05) is 0 Å². The molecule has 4 heteroatoms. The Labute approximate surface area is 115 Å². The van der Waals surface area contributed by atoms with Crippen molar-refractivity contribution in [3.8, 4) is 0 Å². The smallest absolute Gasteiger partial charge is 0.251 e. The second-order valence-electron chi connectivity index (χ2n) is 5.12. The summed E-state index contributed by atoms with van der Waals surface area (Å²) in [6.45, 7) is 2.94. The first-order chi connectivity index (χ1) is 8.56. The second kappa shape index (κ2) is 5.83. The number of halogens is 2. The molecule has 1 aromatic carbocycles. The van der Waals surface area contributed by atoms with Crippen LogP contribution >= 0.6 is 15.9 Å². The quantitative estimate of drug-likeness (QED) is 0.904. The third-order valence-corrected chi connectivity index (χ3v) is 4.18. The van der Waals surface area contributed by atoms with Gasteiger partial charge in [0.1, 0.15) is 5.82 Å². The van der Waals surface area contributed by atoms with E-state index >= 15 is 0 Å². The van der Waals surface area contributed by atoms with Crippen LogP contribution in [-0.2, 0) is 0 Å². The Hall–Kier alpha value is -0.900. The van der Waals surface area contributed by atoms with Crippen LogP contribution in [0.4, 0.5) is 4.39 Å². The fraction of sp³-hybridized carbons (Fsp3) is 0.500. The lowest BCUT2D eigenvalue weighted by molar-refractivity contribution is 0.0946. The lowest BCUT2D eigenvalue weighted by Crippen LogP contribution is -2.28. The van der Waals surface area contributed by atoms with Gasteiger partial charge in [0.15, 0.2) is 0 Å². The monoisotopic (exact) mass is 313 g/mol. The van der Waals surface area contributed by atoms with E-state index in [2.05, 4.69) is 28.2 Å². The topological polar surface area (TPSA) is 29.1 Å². The van der Waals surface area contributed by atoms with E-state index < -0.39 is 5.82 Å². The van der Waals surface area contributed by atoms with E-state index in [-0.39, 0.29) is 5.91 Å². The van der Waals surface area contributed by atoms with Crippen molar-refractivity contribution in [3.63, 3.8) is 0 Å². The first-order valence-electron chi connectivity index (χ1n) is 6.29. The summed E-state index contributed by atoms with van der Waals surface area (Å²) < 4.78 is 13.7. The maximum absolute atomic E-state index is 13.3. The molecule has 0 aliphatic heterocycles. The molecular weight excluding hydrogens is 297 g/mol. The highest BCUT2D eigenvalue weighted by Crippen LogP contribution is 2.29. The van der Waals surface area contributed by atoms with Crippen LogP contribution in [0.3, 0.4) is 0 Å². The maximum atomic E-state index is 13.3. The number of amides is 1. The third kappa shape index (κ3) is 3.31. The predicted octanol–water partition coefficient (Wildman–Crippen LogP) is 3.75. The zero-order valence-electron chi connectivity index (χ0n) is 10.4. The Morgan fingerprint density at radius 3 is 2.89 bits per heavy atom. The van der Waals surface area contributed by atoms with Crippen molar-refractivity contribution in [1.82, 2.24) is 5.32 Å². The van der Waals surface area contributed by atoms with Crippen LogP contribution in [0.5, 0.6) is 0 Å². The summed E-state index contributed by atoms with van der Waals surface area (Å²) in [7, 11) is 0. The van der Waals surface area contributed by atoms with Crippen LogP contribution in [0.15, 0.2) is 22.7 Å². The molecule has 0 bridgehead atoms. The molecule has 2 unspecified atom stereocenters. The molecule has 2 atom stereocenters. The van der Waals surface area contributed by atoms with Crippen molar-refractivity contribution in [1.29, 1.82) is 0 Å². The first kappa shape index (κ1) is 13.5. The summed E-state index contributed by atoms with van der Waals surface area (Å²) >= 11 is 3.07. The minimum Gasteiger partial charge on any atom is -0.352 e. The normalized spacial score (nSPS) is 23.1. The van der Waals surface area contributed by atoms with E-state index in [9.17, 15) is 9.18 Å². The van der Waals surface area contributed by atoms with Crippen LogP contribution in [0.1, 0.15) is 36.5 Å². The Kier molecular flexibility index (Phi) is 4.38. The van der Waals surface area contributed by atoms with Crippen LogP contribution in [0.2, 0.25) is 0 Å². The molecule has 0 radical (unpaired) electrons. The molecule has 0 heterocycles. The van der Waals surface area contributed by atoms with Gasteiger partial charge in [-0.15, -0.1) is 0 Å². The van der Waals surface area contributed by atoms with Gasteiger partial charge in [0, 0.05) is 12.1 Å². The maximum Gasteiger partial charge on any atom is 0.251 e. The molecule has 1 fully saturated rings. The van der Waals surface area contributed by atoms with Gasteiger partial charge in [-0.05, 0) is 58.8 Å². The highest BCUT2D eigenvalue weighted by atomic mass is 79.9. The average molecular weight is 314 g/mol. The molecule has 98 valence electrons. The Bertz CT molecular complexity index is 449. The molecule has 1 aliphatic carbocycles. The Balaban J connectivity index is 1.89. The largest absolute Gasteiger partial charge is 0.352 e. The second-order valence-corrected chi connectivity index (χ2v) is 5.98. The molecule has 1 N–H and O–H groups in total. The van der Waals surface area contributed by atoms with Gasteiger partial charge >= 0.3 is 0 Å². The lowest BCUT2D eigenvalue weighted by Gasteiger charge is -2.11. The summed E-state index contributed by atoms with van der Waals surface area (Å²) in [6.07, 6.45) is 3.60. The number of rotatable bonds is 3. The Morgan fingerprint density at radius 2 is 2.28 bits per heavy atom. The molecule has 1 amide bonds. The fourth-order valence-corrected chi connectivity index (χ4v) is 2.73. The number of nitrogens with one attached hydrogen (secondary N) is 1. The van der Waals surface area contributed by atoms with E-state index in [1.54, 1.807) is 12.1 Å². The van der Waals surface area contributed by atoms with Crippen LogP contribution in [0, 0.1) is 17.7 Å². The van der Waals surface area contributed by atoms with Crippen molar-refractivity contribution < 1.29 is 9.18 Å². The minimum atomic E-state index is -0.405. The van der Waals surface area contributed by atoms with Gasteiger partial charge in [-0.25, -0.2) is 4.39 Å². The van der Waals surface area contributed by atoms with Gasteiger partial charge in [-0.1, -0.05) is 13.3 Å². The molecule has 0 aromatic heterocycles. The van der Waals surface area contributed by atoms with Crippen molar-refractivity contribution in [2.75, 3.05) is 6.54 Å². The highest BCUT2D eigenvalue weighted by molar-refractivity contribution is 9.10. The Morgan fingerprint density at radius 1 is 1.50 bits per heavy atom. The summed E-state index contributed by atoms with van der Waals surface area (Å²) in [6, 6.07) is 4.44. The molecule has 2 nitrogen and oxygen atoms in total. The van der Waals surface area contributed by atoms with E-state index in [4.69, 9.17) is 0 Å². The molecular formula is C14H17BrFNO. The highest BCUT2D eigenvalue weighted by Gasteiger charge is 2.21. The summed E-state index contributed by atoms with van der Waals surface area (Å²) in [4.78, 5) is 11.9. The first-order valence-corrected chi connectivity index (χ1v) is 7.09. The SMILES string of the molecule is CC1CCC(CNC(=O)c2ccc(Br)c(F)c2)C1. The fourth-order valence-electron chi connectivity index (χ4n) is 2.49. The van der Waals surface area contributed by atoms with Gasteiger partial charge in [0.25, 0.3) is 5.91 Å². The van der Waals surface area contributed by atoms with Gasteiger partial charge in [-0.2, -0.15) is 0 Å². The minimum absolute atomic E-state index is 0.194. The third-order valence-electron chi connectivity index (χ3n) is 3.54. The van der Waals surface area contributed by atoms with E-state index in [0.717, 1.165) is 5.92 Å². The van der Waals surface area contributed by atoms with Crippen LogP contribution in [0.25, 0.3) is 0 Å². The standard InChI is InChI=1S/C14H17BrFNO/c1-9-2-3-10(6-9)8-17-14(18)11-4-5-12(15)13(16)7-11/h4-5,7,9-10H,2-3,6,8H2,1H3,(H,17,18). The summed E-state index contributed by atoms with van der Waals surface area (Å²) in [5.74, 6) is 0.736.